The van der Waals surface area contributed by atoms with Crippen LogP contribution in [-0.2, 0) is 0 Å². The fourth-order valence-corrected chi connectivity index (χ4v) is 4.00. The number of H-pyrrole nitrogens is 1. The molecule has 0 saturated heterocycles. The van der Waals surface area contributed by atoms with Gasteiger partial charge in [0.1, 0.15) is 23.6 Å². The molecule has 0 atom stereocenters. The van der Waals surface area contributed by atoms with Crippen LogP contribution in [0.2, 0.25) is 0 Å². The van der Waals surface area contributed by atoms with Crippen LogP contribution in [0.15, 0.2) is 60.9 Å². The van der Waals surface area contributed by atoms with Gasteiger partial charge in [-0.3, -0.25) is 5.41 Å². The molecule has 10 heteroatoms. The number of para-hydroxylation sites is 1. The highest BCUT2D eigenvalue weighted by Crippen LogP contribution is 2.30. The van der Waals surface area contributed by atoms with Crippen molar-refractivity contribution < 1.29 is 14.6 Å². The van der Waals surface area contributed by atoms with Gasteiger partial charge >= 0.3 is 6.03 Å². The van der Waals surface area contributed by atoms with E-state index in [2.05, 4.69) is 25.6 Å². The highest BCUT2D eigenvalue weighted by molar-refractivity contribution is 5.94. The van der Waals surface area contributed by atoms with Crippen LogP contribution in [0.3, 0.4) is 0 Å². The summed E-state index contributed by atoms with van der Waals surface area (Å²) in [6.45, 7) is 0.910. The smallest absolute Gasteiger partial charge is 0.322 e. The highest BCUT2D eigenvalue weighted by atomic mass is 19.1. The standard InChI is InChI=1S/C25H23FN8O/c26-19-3-1-2-4-21(19)33-25(35)34-9-7-15(8-10-34)22-12-18-23(29-14-30-24(18)32-22)31-17-5-6-20(28)16(11-17)13-27/h1-7,11-14,27H,8-10,28H2,(H,33,35)(H2,29,30,31,32)/p+1. The second-order valence-electron chi connectivity index (χ2n) is 8.14. The van der Waals surface area contributed by atoms with Gasteiger partial charge < -0.3 is 26.3 Å². The van der Waals surface area contributed by atoms with Crippen LogP contribution in [-0.4, -0.2) is 45.2 Å². The second-order valence-corrected chi connectivity index (χ2v) is 8.14. The molecule has 0 bridgehead atoms. The summed E-state index contributed by atoms with van der Waals surface area (Å²) < 4.78 is 13.8. The van der Waals surface area contributed by atoms with Gasteiger partial charge in [-0.05, 0) is 48.4 Å². The highest BCUT2D eigenvalue weighted by Gasteiger charge is 2.20. The zero-order valence-corrected chi connectivity index (χ0v) is 18.8. The summed E-state index contributed by atoms with van der Waals surface area (Å²) in [5, 5.41) is 12.4. The third-order valence-corrected chi connectivity index (χ3v) is 5.91. The monoisotopic (exact) mass is 471 g/mol. The number of anilines is 4. The Balaban J connectivity index is 1.33. The van der Waals surface area contributed by atoms with E-state index in [1.54, 1.807) is 23.1 Å². The van der Waals surface area contributed by atoms with Gasteiger partial charge in [0.25, 0.3) is 0 Å². The van der Waals surface area contributed by atoms with Crippen molar-refractivity contribution in [2.45, 2.75) is 6.42 Å². The first kappa shape index (κ1) is 22.1. The number of hydrogen-bond acceptors (Lipinski definition) is 5. The first-order valence-electron chi connectivity index (χ1n) is 11.1. The van der Waals surface area contributed by atoms with E-state index in [4.69, 9.17) is 11.1 Å². The van der Waals surface area contributed by atoms with Crippen molar-refractivity contribution in [1.29, 1.82) is 0 Å². The van der Waals surface area contributed by atoms with Gasteiger partial charge in [-0.25, -0.2) is 19.2 Å². The third-order valence-electron chi connectivity index (χ3n) is 5.91. The first-order valence-corrected chi connectivity index (χ1v) is 11.1. The number of nitrogens with one attached hydrogen (secondary N) is 3. The Kier molecular flexibility index (Phi) is 5.84. The molecule has 2 amide bonds. The van der Waals surface area contributed by atoms with Crippen molar-refractivity contribution in [3.8, 4) is 0 Å². The van der Waals surface area contributed by atoms with Crippen LogP contribution in [0.4, 0.5) is 32.1 Å². The van der Waals surface area contributed by atoms with Crippen molar-refractivity contribution >= 4 is 51.7 Å². The molecule has 0 spiro atoms. The predicted octanol–water partition coefficient (Wildman–Crippen LogP) is 2.92. The maximum Gasteiger partial charge on any atom is 0.322 e. The summed E-state index contributed by atoms with van der Waals surface area (Å²) in [5.74, 6) is 0.182. The number of rotatable bonds is 5. The fraction of sp³-hybridized carbons (Fsp3) is 0.120. The summed E-state index contributed by atoms with van der Waals surface area (Å²) in [4.78, 5) is 26.3. The average Bonchev–Trinajstić information content (AvgIpc) is 3.32. The lowest BCUT2D eigenvalue weighted by atomic mass is 10.1. The van der Waals surface area contributed by atoms with Gasteiger partial charge in [0.05, 0.1) is 16.6 Å². The molecular formula is C25H24FN8O+. The maximum absolute atomic E-state index is 13.8. The molecule has 1 aliphatic heterocycles. The molecule has 3 heterocycles. The van der Waals surface area contributed by atoms with E-state index in [1.807, 2.05) is 24.3 Å². The van der Waals surface area contributed by atoms with E-state index in [-0.39, 0.29) is 11.7 Å². The predicted molar refractivity (Wildman–Crippen MR) is 135 cm³/mol. The van der Waals surface area contributed by atoms with E-state index >= 15 is 0 Å². The lowest BCUT2D eigenvalue weighted by molar-refractivity contribution is -0.104. The van der Waals surface area contributed by atoms with Gasteiger partial charge in [0.2, 0.25) is 0 Å². The Morgan fingerprint density at radius 2 is 2.06 bits per heavy atom. The quantitative estimate of drug-likeness (QED) is 0.225. The number of aromatic nitrogens is 3. The lowest BCUT2D eigenvalue weighted by Gasteiger charge is -2.26. The van der Waals surface area contributed by atoms with Crippen LogP contribution in [0.25, 0.3) is 16.6 Å². The molecule has 2 aromatic heterocycles. The van der Waals surface area contributed by atoms with E-state index in [1.165, 1.54) is 24.7 Å². The minimum absolute atomic E-state index is 0.166. The molecule has 176 valence electrons. The normalized spacial score (nSPS) is 13.4. The molecule has 5 rings (SSSR count). The topological polar surface area (TPSA) is 138 Å². The summed E-state index contributed by atoms with van der Waals surface area (Å²) in [5.41, 5.74) is 10.9. The van der Waals surface area contributed by atoms with Crippen LogP contribution >= 0.6 is 0 Å². The fourth-order valence-electron chi connectivity index (χ4n) is 4.00. The molecule has 0 saturated carbocycles. The zero-order chi connectivity index (χ0) is 24.4. The van der Waals surface area contributed by atoms with E-state index in [0.29, 0.717) is 36.7 Å². The molecule has 9 nitrogen and oxygen atoms in total. The summed E-state index contributed by atoms with van der Waals surface area (Å²) >= 11 is 0. The minimum Gasteiger partial charge on any atom is -0.398 e. The number of nitrogens with zero attached hydrogens (tertiary/aromatic N) is 3. The molecule has 0 unspecified atom stereocenters. The zero-order valence-electron chi connectivity index (χ0n) is 18.8. The summed E-state index contributed by atoms with van der Waals surface area (Å²) in [7, 11) is 0. The van der Waals surface area contributed by atoms with Crippen LogP contribution in [0, 0.1) is 5.82 Å². The van der Waals surface area contributed by atoms with Crippen molar-refractivity contribution in [2.75, 3.05) is 29.5 Å². The average molecular weight is 472 g/mol. The summed E-state index contributed by atoms with van der Waals surface area (Å²) in [6.07, 6.45) is 5.57. The Hall–Kier alpha value is -4.73. The second kappa shape index (κ2) is 9.26. The van der Waals surface area contributed by atoms with Gasteiger partial charge in [-0.2, -0.15) is 0 Å². The first-order chi connectivity index (χ1) is 17.0. The molecule has 0 aliphatic carbocycles. The van der Waals surface area contributed by atoms with Gasteiger partial charge in [0, 0.05) is 30.2 Å². The number of benzene rings is 2. The SMILES string of the molecule is Nc1ccc(Nc2ncnc3[nH]c(C4=CCN(C(=O)Nc5ccccc5F)CC4)cc23)cc1C=[NH2+]. The molecule has 7 N–H and O–H groups in total. The largest absolute Gasteiger partial charge is 0.398 e. The number of urea groups is 1. The van der Waals surface area contributed by atoms with E-state index in [0.717, 1.165) is 27.9 Å². The van der Waals surface area contributed by atoms with Crippen molar-refractivity contribution in [3.05, 3.63) is 78.0 Å². The van der Waals surface area contributed by atoms with Gasteiger partial charge in [-0.1, -0.05) is 18.2 Å². The molecular weight excluding hydrogens is 447 g/mol. The molecule has 2 aromatic carbocycles. The van der Waals surface area contributed by atoms with Crippen LogP contribution in [0.5, 0.6) is 0 Å². The Morgan fingerprint density at radius 1 is 1.20 bits per heavy atom. The number of hydrogen-bond donors (Lipinski definition) is 5. The number of amides is 2. The Bertz CT molecular complexity index is 1460. The molecule has 4 aromatic rings. The molecule has 35 heavy (non-hydrogen) atoms. The number of nitrogen functional groups attached to an aromatic ring is 1. The number of carbonyl (C=O) groups is 1. The molecule has 0 fully saturated rings. The van der Waals surface area contributed by atoms with Gasteiger partial charge in [0.15, 0.2) is 6.21 Å². The van der Waals surface area contributed by atoms with E-state index in [9.17, 15) is 9.18 Å². The van der Waals surface area contributed by atoms with Crippen LogP contribution < -0.4 is 21.8 Å². The lowest BCUT2D eigenvalue weighted by Crippen LogP contribution is -2.38. The van der Waals surface area contributed by atoms with Crippen molar-refractivity contribution in [2.24, 2.45) is 0 Å². The number of nitrogens with two attached hydrogens (primary N) is 2. The maximum atomic E-state index is 13.8. The Morgan fingerprint density at radius 3 is 2.83 bits per heavy atom. The number of carbonyl (C=O) groups excluding carboxylic acids is 1. The van der Waals surface area contributed by atoms with Crippen molar-refractivity contribution in [1.82, 2.24) is 19.9 Å². The van der Waals surface area contributed by atoms with Gasteiger partial charge in [-0.15, -0.1) is 0 Å². The van der Waals surface area contributed by atoms with Crippen LogP contribution in [0.1, 0.15) is 17.7 Å². The molecule has 0 radical (unpaired) electrons. The Labute approximate surface area is 200 Å². The number of halogens is 1. The summed E-state index contributed by atoms with van der Waals surface area (Å²) in [6, 6.07) is 13.3. The third kappa shape index (κ3) is 4.54. The minimum atomic E-state index is -0.464. The van der Waals surface area contributed by atoms with Crippen molar-refractivity contribution in [3.63, 3.8) is 0 Å². The number of fused-ring (bicyclic) bond motifs is 1. The number of aromatic amines is 1. The van der Waals surface area contributed by atoms with E-state index < -0.39 is 5.82 Å². The molecule has 1 aliphatic rings.